The highest BCUT2D eigenvalue weighted by atomic mass is 16.5. The predicted octanol–water partition coefficient (Wildman–Crippen LogP) is 2.32. The molecule has 3 aromatic rings. The second kappa shape index (κ2) is 5.73. The van der Waals surface area contributed by atoms with Crippen molar-refractivity contribution in [1.29, 1.82) is 0 Å². The van der Waals surface area contributed by atoms with Gasteiger partial charge in [-0.15, -0.1) is 0 Å². The van der Waals surface area contributed by atoms with Crippen molar-refractivity contribution >= 4 is 16.9 Å². The molecular formula is C17H13NO4. The fourth-order valence-corrected chi connectivity index (χ4v) is 2.15. The van der Waals surface area contributed by atoms with Gasteiger partial charge in [-0.05, 0) is 29.8 Å². The zero-order valence-electron chi connectivity index (χ0n) is 11.6. The summed E-state index contributed by atoms with van der Waals surface area (Å²) in [5.74, 6) is -0.0352. The molecule has 1 aromatic heterocycles. The van der Waals surface area contributed by atoms with Gasteiger partial charge in [-0.2, -0.15) is 0 Å². The van der Waals surface area contributed by atoms with Gasteiger partial charge in [0.05, 0.1) is 5.56 Å². The lowest BCUT2D eigenvalue weighted by Crippen LogP contribution is -2.19. The minimum absolute atomic E-state index is 0.183. The Morgan fingerprint density at radius 2 is 1.82 bits per heavy atom. The average Bonchev–Trinajstić information content (AvgIpc) is 2.53. The van der Waals surface area contributed by atoms with Gasteiger partial charge in [0.2, 0.25) is 0 Å². The Morgan fingerprint density at radius 3 is 2.55 bits per heavy atom. The van der Waals surface area contributed by atoms with Crippen LogP contribution in [0.4, 0.5) is 0 Å². The number of para-hydroxylation sites is 1. The molecule has 1 heterocycles. The maximum atomic E-state index is 12.1. The van der Waals surface area contributed by atoms with Crippen molar-refractivity contribution in [2.75, 3.05) is 6.61 Å². The van der Waals surface area contributed by atoms with Crippen LogP contribution in [0.2, 0.25) is 0 Å². The molecule has 0 aliphatic rings. The third-order valence-electron chi connectivity index (χ3n) is 3.19. The Hall–Kier alpha value is -3.08. The van der Waals surface area contributed by atoms with Gasteiger partial charge in [0.1, 0.15) is 11.3 Å². The summed E-state index contributed by atoms with van der Waals surface area (Å²) in [7, 11) is 0. The number of hydrogen-bond acceptors (Lipinski definition) is 4. The third-order valence-corrected chi connectivity index (χ3v) is 3.19. The number of amides is 1. The molecule has 22 heavy (non-hydrogen) atoms. The van der Waals surface area contributed by atoms with Crippen molar-refractivity contribution in [3.63, 3.8) is 0 Å². The maximum Gasteiger partial charge on any atom is 0.344 e. The lowest BCUT2D eigenvalue weighted by molar-refractivity contribution is -0.119. The molecule has 5 heteroatoms. The summed E-state index contributed by atoms with van der Waals surface area (Å²) >= 11 is 0. The average molecular weight is 295 g/mol. The van der Waals surface area contributed by atoms with E-state index in [0.717, 1.165) is 5.39 Å². The van der Waals surface area contributed by atoms with Crippen LogP contribution < -0.4 is 16.1 Å². The molecule has 3 rings (SSSR count). The Labute approximate surface area is 125 Å². The zero-order chi connectivity index (χ0) is 15.5. The van der Waals surface area contributed by atoms with Crippen molar-refractivity contribution in [2.24, 2.45) is 5.73 Å². The number of fused-ring (bicyclic) bond motifs is 1. The summed E-state index contributed by atoms with van der Waals surface area (Å²) < 4.78 is 10.5. The van der Waals surface area contributed by atoms with Gasteiger partial charge in [-0.1, -0.05) is 30.3 Å². The molecule has 110 valence electrons. The van der Waals surface area contributed by atoms with E-state index in [1.54, 1.807) is 36.4 Å². The number of benzene rings is 2. The Kier molecular flexibility index (Phi) is 3.62. The molecule has 0 atom stereocenters. The Balaban J connectivity index is 1.95. The van der Waals surface area contributed by atoms with Gasteiger partial charge in [0.15, 0.2) is 6.61 Å². The second-order valence-corrected chi connectivity index (χ2v) is 4.76. The highest BCUT2D eigenvalue weighted by Crippen LogP contribution is 2.23. The van der Waals surface area contributed by atoms with Crippen LogP contribution in [0.5, 0.6) is 5.75 Å². The van der Waals surface area contributed by atoms with E-state index in [1.165, 1.54) is 0 Å². The molecular weight excluding hydrogens is 282 g/mol. The Morgan fingerprint density at radius 1 is 1.09 bits per heavy atom. The lowest BCUT2D eigenvalue weighted by atomic mass is 10.1. The first-order valence-corrected chi connectivity index (χ1v) is 6.68. The SMILES string of the molecule is NC(=O)COc1ccc(-c2cc3ccccc3oc2=O)cc1. The first-order valence-electron chi connectivity index (χ1n) is 6.68. The first kappa shape index (κ1) is 13.9. The lowest BCUT2D eigenvalue weighted by Gasteiger charge is -2.05. The van der Waals surface area contributed by atoms with E-state index in [-0.39, 0.29) is 6.61 Å². The molecule has 0 saturated carbocycles. The van der Waals surface area contributed by atoms with Crippen molar-refractivity contribution in [1.82, 2.24) is 0 Å². The van der Waals surface area contributed by atoms with Crippen molar-refractivity contribution < 1.29 is 13.9 Å². The van der Waals surface area contributed by atoms with Crippen LogP contribution in [0.15, 0.2) is 63.8 Å². The molecule has 0 saturated heterocycles. The van der Waals surface area contributed by atoms with Gasteiger partial charge >= 0.3 is 5.63 Å². The number of primary amides is 1. The molecule has 0 spiro atoms. The highest BCUT2D eigenvalue weighted by Gasteiger charge is 2.08. The molecule has 0 unspecified atom stereocenters. The van der Waals surface area contributed by atoms with Crippen LogP contribution in [0.3, 0.4) is 0 Å². The van der Waals surface area contributed by atoms with Crippen molar-refractivity contribution in [3.05, 3.63) is 65.0 Å². The number of nitrogens with two attached hydrogens (primary N) is 1. The Bertz CT molecular complexity index is 881. The molecule has 0 aliphatic carbocycles. The van der Waals surface area contributed by atoms with Gasteiger partial charge in [-0.25, -0.2) is 4.79 Å². The van der Waals surface area contributed by atoms with Crippen LogP contribution >= 0.6 is 0 Å². The van der Waals surface area contributed by atoms with Crippen LogP contribution in [-0.2, 0) is 4.79 Å². The van der Waals surface area contributed by atoms with Gasteiger partial charge in [0.25, 0.3) is 5.91 Å². The van der Waals surface area contributed by atoms with Crippen molar-refractivity contribution in [2.45, 2.75) is 0 Å². The quantitative estimate of drug-likeness (QED) is 0.749. The van der Waals surface area contributed by atoms with Crippen LogP contribution in [-0.4, -0.2) is 12.5 Å². The van der Waals surface area contributed by atoms with Gasteiger partial charge in [-0.3, -0.25) is 4.79 Å². The van der Waals surface area contributed by atoms with E-state index < -0.39 is 11.5 Å². The first-order chi connectivity index (χ1) is 10.6. The third kappa shape index (κ3) is 2.83. The predicted molar refractivity (Wildman–Crippen MR) is 82.6 cm³/mol. The van der Waals surface area contributed by atoms with E-state index in [1.807, 2.05) is 18.2 Å². The van der Waals surface area contributed by atoms with Crippen LogP contribution in [0, 0.1) is 0 Å². The molecule has 0 radical (unpaired) electrons. The highest BCUT2D eigenvalue weighted by molar-refractivity contribution is 5.81. The molecule has 0 aliphatic heterocycles. The van der Waals surface area contributed by atoms with Gasteiger partial charge < -0.3 is 14.9 Å². The van der Waals surface area contributed by atoms with E-state index in [4.69, 9.17) is 14.9 Å². The maximum absolute atomic E-state index is 12.1. The summed E-state index contributed by atoms with van der Waals surface area (Å²) in [4.78, 5) is 22.7. The fraction of sp³-hybridized carbons (Fsp3) is 0.0588. The minimum atomic E-state index is -0.542. The summed E-state index contributed by atoms with van der Waals surface area (Å²) in [6.45, 7) is -0.183. The smallest absolute Gasteiger partial charge is 0.344 e. The minimum Gasteiger partial charge on any atom is -0.484 e. The molecule has 0 bridgehead atoms. The van der Waals surface area contributed by atoms with E-state index in [0.29, 0.717) is 22.5 Å². The number of carbonyl (C=O) groups is 1. The molecule has 1 amide bonds. The number of carbonyl (C=O) groups excluding carboxylic acids is 1. The molecule has 5 nitrogen and oxygen atoms in total. The number of ether oxygens (including phenoxy) is 1. The number of rotatable bonds is 4. The number of hydrogen-bond donors (Lipinski definition) is 1. The standard InChI is InChI=1S/C17H13NO4/c18-16(19)10-21-13-7-5-11(6-8-13)14-9-12-3-1-2-4-15(12)22-17(14)20/h1-9H,10H2,(H2,18,19). The summed E-state index contributed by atoms with van der Waals surface area (Å²) in [5.41, 5.74) is 6.36. The van der Waals surface area contributed by atoms with E-state index in [2.05, 4.69) is 0 Å². The van der Waals surface area contributed by atoms with Crippen LogP contribution in [0.1, 0.15) is 0 Å². The largest absolute Gasteiger partial charge is 0.484 e. The summed E-state index contributed by atoms with van der Waals surface area (Å²) in [6, 6.07) is 15.9. The molecule has 2 N–H and O–H groups in total. The van der Waals surface area contributed by atoms with Gasteiger partial charge in [0, 0.05) is 5.39 Å². The van der Waals surface area contributed by atoms with Crippen LogP contribution in [0.25, 0.3) is 22.1 Å². The normalized spacial score (nSPS) is 10.5. The fourth-order valence-electron chi connectivity index (χ4n) is 2.15. The summed E-state index contributed by atoms with van der Waals surface area (Å²) in [5, 5.41) is 0.853. The molecule has 2 aromatic carbocycles. The zero-order valence-corrected chi connectivity index (χ0v) is 11.6. The van der Waals surface area contributed by atoms with E-state index in [9.17, 15) is 9.59 Å². The summed E-state index contributed by atoms with van der Waals surface area (Å²) in [6.07, 6.45) is 0. The topological polar surface area (TPSA) is 82.5 Å². The van der Waals surface area contributed by atoms with Crippen molar-refractivity contribution in [3.8, 4) is 16.9 Å². The monoisotopic (exact) mass is 295 g/mol. The second-order valence-electron chi connectivity index (χ2n) is 4.76. The van der Waals surface area contributed by atoms with E-state index >= 15 is 0 Å². The molecule has 0 fully saturated rings.